The molecule has 1 aromatic rings. The van der Waals surface area contributed by atoms with Gasteiger partial charge in [0.05, 0.1) is 6.61 Å². The van der Waals surface area contributed by atoms with Crippen LogP contribution in [0.5, 0.6) is 0 Å². The largest absolute Gasteiger partial charge is 0.480 e. The highest BCUT2D eigenvalue weighted by atomic mass is 32.1. The van der Waals surface area contributed by atoms with Gasteiger partial charge in [-0.3, -0.25) is 9.59 Å². The molecule has 1 aromatic heterocycles. The average molecular weight is 271 g/mol. The van der Waals surface area contributed by atoms with Crippen LogP contribution in [-0.2, 0) is 20.7 Å². The van der Waals surface area contributed by atoms with E-state index < -0.39 is 5.97 Å². The van der Waals surface area contributed by atoms with Gasteiger partial charge in [0.15, 0.2) is 0 Å². The molecule has 0 saturated heterocycles. The predicted molar refractivity (Wildman–Crippen MR) is 68.7 cm³/mol. The summed E-state index contributed by atoms with van der Waals surface area (Å²) in [4.78, 5) is 25.0. The van der Waals surface area contributed by atoms with Gasteiger partial charge in [-0.05, 0) is 17.9 Å². The summed E-state index contributed by atoms with van der Waals surface area (Å²) < 4.78 is 4.87. The van der Waals surface area contributed by atoms with Crippen molar-refractivity contribution in [3.05, 3.63) is 22.4 Å². The van der Waals surface area contributed by atoms with Crippen molar-refractivity contribution >= 4 is 23.2 Å². The van der Waals surface area contributed by atoms with E-state index in [1.165, 1.54) is 12.0 Å². The fraction of sp³-hybridized carbons (Fsp3) is 0.500. The molecule has 0 aliphatic rings. The third-order valence-corrected chi connectivity index (χ3v) is 3.35. The molecule has 0 spiro atoms. The van der Waals surface area contributed by atoms with Gasteiger partial charge in [0.2, 0.25) is 5.91 Å². The Bertz CT molecular complexity index is 377. The van der Waals surface area contributed by atoms with E-state index in [2.05, 4.69) is 0 Å². The third-order valence-electron chi connectivity index (χ3n) is 2.41. The van der Waals surface area contributed by atoms with Gasteiger partial charge in [0.25, 0.3) is 0 Å². The lowest BCUT2D eigenvalue weighted by atomic mass is 10.2. The van der Waals surface area contributed by atoms with Gasteiger partial charge in [-0.15, -0.1) is 11.3 Å². The number of ether oxygens (including phenoxy) is 1. The second-order valence-electron chi connectivity index (χ2n) is 3.78. The standard InChI is InChI=1S/C12H17NO4S/c1-17-7-6-13(9-12(15)16)11(14)5-4-10-3-2-8-18-10/h2-3,8H,4-7,9H2,1H3,(H,15,16). The van der Waals surface area contributed by atoms with Crippen molar-refractivity contribution in [3.63, 3.8) is 0 Å². The van der Waals surface area contributed by atoms with Crippen molar-refractivity contribution in [2.45, 2.75) is 12.8 Å². The Morgan fingerprint density at radius 3 is 2.83 bits per heavy atom. The maximum atomic E-state index is 11.9. The molecule has 5 nitrogen and oxygen atoms in total. The van der Waals surface area contributed by atoms with E-state index in [0.29, 0.717) is 26.0 Å². The summed E-state index contributed by atoms with van der Waals surface area (Å²) in [7, 11) is 1.52. The van der Waals surface area contributed by atoms with E-state index in [1.54, 1.807) is 11.3 Å². The summed E-state index contributed by atoms with van der Waals surface area (Å²) in [5.41, 5.74) is 0. The molecule has 1 rings (SSSR count). The number of amides is 1. The summed E-state index contributed by atoms with van der Waals surface area (Å²) in [6.07, 6.45) is 0.983. The Hall–Kier alpha value is -1.40. The lowest BCUT2D eigenvalue weighted by molar-refractivity contribution is -0.144. The van der Waals surface area contributed by atoms with E-state index in [9.17, 15) is 9.59 Å². The van der Waals surface area contributed by atoms with Gasteiger partial charge >= 0.3 is 5.97 Å². The Balaban J connectivity index is 2.44. The summed E-state index contributed by atoms with van der Waals surface area (Å²) >= 11 is 1.60. The number of thiophene rings is 1. The van der Waals surface area contributed by atoms with Crippen molar-refractivity contribution in [1.82, 2.24) is 4.90 Å². The second-order valence-corrected chi connectivity index (χ2v) is 4.81. The minimum absolute atomic E-state index is 0.150. The molecule has 0 saturated carbocycles. The van der Waals surface area contributed by atoms with E-state index in [4.69, 9.17) is 9.84 Å². The number of carboxylic acid groups (broad SMARTS) is 1. The molecule has 0 bridgehead atoms. The monoisotopic (exact) mass is 271 g/mol. The normalized spacial score (nSPS) is 10.3. The molecule has 18 heavy (non-hydrogen) atoms. The van der Waals surface area contributed by atoms with Crippen LogP contribution in [0.2, 0.25) is 0 Å². The van der Waals surface area contributed by atoms with E-state index in [-0.39, 0.29) is 12.5 Å². The molecule has 0 radical (unpaired) electrons. The highest BCUT2D eigenvalue weighted by molar-refractivity contribution is 7.09. The second kappa shape index (κ2) is 7.84. The smallest absolute Gasteiger partial charge is 0.323 e. The van der Waals surface area contributed by atoms with Gasteiger partial charge in [-0.2, -0.15) is 0 Å². The number of aliphatic carboxylic acids is 1. The quantitative estimate of drug-likeness (QED) is 0.772. The van der Waals surface area contributed by atoms with Crippen molar-refractivity contribution in [3.8, 4) is 0 Å². The zero-order valence-corrected chi connectivity index (χ0v) is 11.1. The minimum atomic E-state index is -1.00. The number of hydrogen-bond donors (Lipinski definition) is 1. The van der Waals surface area contributed by atoms with Crippen molar-refractivity contribution in [1.29, 1.82) is 0 Å². The molecular weight excluding hydrogens is 254 g/mol. The van der Waals surface area contributed by atoms with Gasteiger partial charge in [0.1, 0.15) is 6.54 Å². The number of nitrogens with zero attached hydrogens (tertiary/aromatic N) is 1. The maximum absolute atomic E-state index is 11.9. The number of carbonyl (C=O) groups excluding carboxylic acids is 1. The lowest BCUT2D eigenvalue weighted by Crippen LogP contribution is -2.38. The fourth-order valence-electron chi connectivity index (χ4n) is 1.50. The number of carboxylic acids is 1. The van der Waals surface area contributed by atoms with E-state index in [1.807, 2.05) is 17.5 Å². The van der Waals surface area contributed by atoms with Crippen molar-refractivity contribution < 1.29 is 19.4 Å². The Morgan fingerprint density at radius 2 is 2.28 bits per heavy atom. The van der Waals surface area contributed by atoms with Crippen LogP contribution in [0, 0.1) is 0 Å². The summed E-state index contributed by atoms with van der Waals surface area (Å²) in [5, 5.41) is 10.7. The summed E-state index contributed by atoms with van der Waals surface area (Å²) in [5.74, 6) is -1.15. The van der Waals surface area contributed by atoms with Crippen LogP contribution in [0.4, 0.5) is 0 Å². The molecule has 0 atom stereocenters. The minimum Gasteiger partial charge on any atom is -0.480 e. The van der Waals surface area contributed by atoms with Gasteiger partial charge in [0, 0.05) is 25.0 Å². The van der Waals surface area contributed by atoms with E-state index in [0.717, 1.165) is 4.88 Å². The maximum Gasteiger partial charge on any atom is 0.323 e. The first-order chi connectivity index (χ1) is 8.63. The van der Waals surface area contributed by atoms with Gasteiger partial charge < -0.3 is 14.7 Å². The zero-order chi connectivity index (χ0) is 13.4. The molecule has 100 valence electrons. The number of methoxy groups -OCH3 is 1. The number of carbonyl (C=O) groups is 2. The summed E-state index contributed by atoms with van der Waals surface area (Å²) in [6.45, 7) is 0.386. The molecule has 0 aliphatic heterocycles. The fourth-order valence-corrected chi connectivity index (χ4v) is 2.21. The predicted octanol–water partition coefficient (Wildman–Crippen LogP) is 1.24. The molecule has 0 aliphatic carbocycles. The third kappa shape index (κ3) is 5.29. The van der Waals surface area contributed by atoms with Gasteiger partial charge in [-0.1, -0.05) is 6.07 Å². The van der Waals surface area contributed by atoms with Crippen LogP contribution in [0.1, 0.15) is 11.3 Å². The molecule has 0 unspecified atom stereocenters. The van der Waals surface area contributed by atoms with Crippen LogP contribution >= 0.6 is 11.3 Å². The van der Waals surface area contributed by atoms with E-state index >= 15 is 0 Å². The van der Waals surface area contributed by atoms with Crippen LogP contribution in [0.3, 0.4) is 0 Å². The lowest BCUT2D eigenvalue weighted by Gasteiger charge is -2.20. The van der Waals surface area contributed by atoms with Crippen molar-refractivity contribution in [2.75, 3.05) is 26.8 Å². The average Bonchev–Trinajstić information content (AvgIpc) is 2.84. The Morgan fingerprint density at radius 1 is 1.50 bits per heavy atom. The molecule has 0 fully saturated rings. The molecular formula is C12H17NO4S. The Kier molecular flexibility index (Phi) is 6.38. The SMILES string of the molecule is COCCN(CC(=O)O)C(=O)CCc1cccs1. The number of aryl methyl sites for hydroxylation is 1. The first-order valence-electron chi connectivity index (χ1n) is 5.64. The molecule has 1 heterocycles. The van der Waals surface area contributed by atoms with Crippen LogP contribution in [0.15, 0.2) is 17.5 Å². The molecule has 1 amide bonds. The summed E-state index contributed by atoms with van der Waals surface area (Å²) in [6, 6.07) is 3.90. The van der Waals surface area contributed by atoms with Crippen LogP contribution in [-0.4, -0.2) is 48.7 Å². The first kappa shape index (κ1) is 14.7. The Labute approximate surface area is 110 Å². The molecule has 1 N–H and O–H groups in total. The van der Waals surface area contributed by atoms with Crippen LogP contribution in [0.25, 0.3) is 0 Å². The highest BCUT2D eigenvalue weighted by Gasteiger charge is 2.16. The zero-order valence-electron chi connectivity index (χ0n) is 10.3. The molecule has 6 heteroatoms. The van der Waals surface area contributed by atoms with Gasteiger partial charge in [-0.25, -0.2) is 0 Å². The topological polar surface area (TPSA) is 66.8 Å². The van der Waals surface area contributed by atoms with Crippen LogP contribution < -0.4 is 0 Å². The first-order valence-corrected chi connectivity index (χ1v) is 6.52. The molecule has 0 aromatic carbocycles. The number of rotatable bonds is 8. The highest BCUT2D eigenvalue weighted by Crippen LogP contribution is 2.11. The van der Waals surface area contributed by atoms with Crippen molar-refractivity contribution in [2.24, 2.45) is 0 Å². The number of hydrogen-bond acceptors (Lipinski definition) is 4.